The van der Waals surface area contributed by atoms with Gasteiger partial charge < -0.3 is 30.7 Å². The minimum absolute atomic E-state index is 0.0166. The van der Waals surface area contributed by atoms with Crippen molar-refractivity contribution < 1.29 is 42.2 Å². The second-order valence-electron chi connectivity index (χ2n) is 13.3. The van der Waals surface area contributed by atoms with Gasteiger partial charge in [-0.15, -0.1) is 0 Å². The second kappa shape index (κ2) is 15.3. The highest BCUT2D eigenvalue weighted by Crippen LogP contribution is 2.47. The maximum absolute atomic E-state index is 15.6. The van der Waals surface area contributed by atoms with Gasteiger partial charge in [-0.3, -0.25) is 19.0 Å². The zero-order valence-electron chi connectivity index (χ0n) is 28.9. The van der Waals surface area contributed by atoms with Crippen LogP contribution in [0.4, 0.5) is 23.8 Å². The number of benzene rings is 3. The van der Waals surface area contributed by atoms with Crippen molar-refractivity contribution in [3.8, 4) is 5.69 Å². The predicted molar refractivity (Wildman–Crippen MR) is 192 cm³/mol. The fourth-order valence-electron chi connectivity index (χ4n) is 6.86. The van der Waals surface area contributed by atoms with E-state index in [1.54, 1.807) is 41.3 Å². The number of alkyl carbamates (subject to hydrolysis) is 1. The Morgan fingerprint density at radius 3 is 2.22 bits per heavy atom. The lowest BCUT2D eigenvalue weighted by molar-refractivity contribution is -0.128. The number of halogens is 3. The van der Waals surface area contributed by atoms with Crippen LogP contribution >= 0.6 is 0 Å². The number of anilines is 1. The standard InChI is InChI=1S/C39H33F3N6O7/c40-23-11-12-31(28(41)14-23)48-19-27(38(52)53)34(50)24-15-29(42)36(46-35(24)48)47-17-25-26(18-47)33(25)45-37(51)30(13-21-7-3-1-4-8-21)44-32(49)16-43-39(54)55-20-22-9-5-2-6-10-22/h1-12,14-15,19,25-26,30,33H,13,16-18,20H2,(H,43,54)(H,44,49)(H,45,51)(H,52,53)/t25-,26+,30-,33?/m0/s1. The minimum atomic E-state index is -1.62. The minimum Gasteiger partial charge on any atom is -0.477 e. The number of hydrogen-bond acceptors (Lipinski definition) is 8. The van der Waals surface area contributed by atoms with Gasteiger partial charge in [0.05, 0.1) is 11.1 Å². The molecule has 13 nitrogen and oxygen atoms in total. The smallest absolute Gasteiger partial charge is 0.407 e. The number of carboxylic acids is 1. The lowest BCUT2D eigenvalue weighted by Crippen LogP contribution is -2.51. The molecule has 3 amide bonds. The van der Waals surface area contributed by atoms with Crippen LogP contribution in [0.1, 0.15) is 21.5 Å². The topological polar surface area (TPSA) is 172 Å². The molecule has 4 N–H and O–H groups in total. The third-order valence-electron chi connectivity index (χ3n) is 9.66. The number of fused-ring (bicyclic) bond motifs is 2. The molecule has 1 saturated carbocycles. The predicted octanol–water partition coefficient (Wildman–Crippen LogP) is 3.71. The molecule has 16 heteroatoms. The van der Waals surface area contributed by atoms with E-state index in [4.69, 9.17) is 4.74 Å². The Balaban J connectivity index is 1.03. The van der Waals surface area contributed by atoms with Gasteiger partial charge in [-0.1, -0.05) is 60.7 Å². The van der Waals surface area contributed by atoms with Gasteiger partial charge in [0.25, 0.3) is 0 Å². The molecule has 2 aromatic heterocycles. The normalized spacial score (nSPS) is 17.6. The van der Waals surface area contributed by atoms with Gasteiger partial charge in [-0.25, -0.2) is 27.7 Å². The van der Waals surface area contributed by atoms with Crippen molar-refractivity contribution in [3.63, 3.8) is 0 Å². The van der Waals surface area contributed by atoms with Crippen molar-refractivity contribution in [2.24, 2.45) is 11.8 Å². The fraction of sp³-hybridized carbons (Fsp3) is 0.231. The number of aromatic nitrogens is 2. The SMILES string of the molecule is O=C(CNC(=O)OCc1ccccc1)N[C@@H](Cc1ccccc1)C(=O)NC1[C@H]2CN(c3nc4c(cc3F)c(=O)c(C(=O)O)cn4-c3ccc(F)cc3F)C[C@@H]12. The number of rotatable bonds is 12. The summed E-state index contributed by atoms with van der Waals surface area (Å²) in [6, 6.07) is 20.2. The Kier molecular flexibility index (Phi) is 10.2. The molecular weight excluding hydrogens is 721 g/mol. The van der Waals surface area contributed by atoms with E-state index in [-0.39, 0.29) is 61.1 Å². The molecule has 2 aliphatic rings. The van der Waals surface area contributed by atoms with E-state index in [9.17, 15) is 37.9 Å². The molecule has 1 aliphatic heterocycles. The summed E-state index contributed by atoms with van der Waals surface area (Å²) < 4.78 is 50.3. The first-order chi connectivity index (χ1) is 26.5. The van der Waals surface area contributed by atoms with Crippen molar-refractivity contribution in [1.82, 2.24) is 25.5 Å². The number of pyridine rings is 2. The molecule has 5 aromatic rings. The van der Waals surface area contributed by atoms with E-state index in [1.807, 2.05) is 24.3 Å². The van der Waals surface area contributed by atoms with E-state index in [0.29, 0.717) is 6.07 Å². The van der Waals surface area contributed by atoms with Crippen LogP contribution in [-0.2, 0) is 27.4 Å². The van der Waals surface area contributed by atoms with Gasteiger partial charge in [0.1, 0.15) is 36.4 Å². The molecule has 4 atom stereocenters. The lowest BCUT2D eigenvalue weighted by Gasteiger charge is -2.24. The first-order valence-corrected chi connectivity index (χ1v) is 17.2. The van der Waals surface area contributed by atoms with E-state index >= 15 is 4.39 Å². The van der Waals surface area contributed by atoms with E-state index in [1.165, 1.54) is 0 Å². The zero-order chi connectivity index (χ0) is 38.8. The molecule has 55 heavy (non-hydrogen) atoms. The summed E-state index contributed by atoms with van der Waals surface area (Å²) in [7, 11) is 0. The van der Waals surface area contributed by atoms with Crippen molar-refractivity contribution in [2.45, 2.75) is 25.1 Å². The molecule has 3 heterocycles. The van der Waals surface area contributed by atoms with Gasteiger partial charge in [0.2, 0.25) is 17.2 Å². The lowest BCUT2D eigenvalue weighted by atomic mass is 10.0. The monoisotopic (exact) mass is 754 g/mol. The first kappa shape index (κ1) is 36.6. The summed E-state index contributed by atoms with van der Waals surface area (Å²) in [6.07, 6.45) is 0.229. The van der Waals surface area contributed by atoms with Crippen LogP contribution in [0, 0.1) is 29.3 Å². The highest BCUT2D eigenvalue weighted by Gasteiger charge is 2.57. The number of carbonyl (C=O) groups is 4. The van der Waals surface area contributed by atoms with Crippen LogP contribution in [0.15, 0.2) is 95.9 Å². The molecule has 0 spiro atoms. The molecule has 0 radical (unpaired) electrons. The Morgan fingerprint density at radius 2 is 1.56 bits per heavy atom. The van der Waals surface area contributed by atoms with Gasteiger partial charge in [-0.05, 0) is 29.3 Å². The average molecular weight is 755 g/mol. The van der Waals surface area contributed by atoms with Crippen LogP contribution in [0.2, 0.25) is 0 Å². The molecule has 2 fully saturated rings. The summed E-state index contributed by atoms with van der Waals surface area (Å²) in [5, 5.41) is 17.3. The third kappa shape index (κ3) is 7.97. The molecule has 7 rings (SSSR count). The van der Waals surface area contributed by atoms with Crippen molar-refractivity contribution in [3.05, 3.63) is 135 Å². The fourth-order valence-corrected chi connectivity index (χ4v) is 6.86. The molecular formula is C39H33F3N6O7. The molecule has 0 bridgehead atoms. The van der Waals surface area contributed by atoms with Gasteiger partial charge >= 0.3 is 12.1 Å². The molecule has 282 valence electrons. The van der Waals surface area contributed by atoms with Gasteiger partial charge in [0.15, 0.2) is 17.3 Å². The summed E-state index contributed by atoms with van der Waals surface area (Å²) in [4.78, 5) is 69.4. The van der Waals surface area contributed by atoms with Gasteiger partial charge in [0, 0.05) is 49.7 Å². The summed E-state index contributed by atoms with van der Waals surface area (Å²) in [5.74, 6) is -5.97. The Morgan fingerprint density at radius 1 is 0.891 bits per heavy atom. The molecule has 1 unspecified atom stereocenters. The molecule has 1 aliphatic carbocycles. The Bertz CT molecular complexity index is 2350. The average Bonchev–Trinajstić information content (AvgIpc) is 3.58. The van der Waals surface area contributed by atoms with Crippen molar-refractivity contribution in [1.29, 1.82) is 0 Å². The number of nitrogens with one attached hydrogen (secondary N) is 3. The Labute approximate surface area is 310 Å². The maximum Gasteiger partial charge on any atom is 0.407 e. The highest BCUT2D eigenvalue weighted by molar-refractivity contribution is 5.93. The molecule has 3 aromatic carbocycles. The number of ether oxygens (including phenoxy) is 1. The Hall–Kier alpha value is -6.71. The second-order valence-corrected chi connectivity index (χ2v) is 13.3. The number of amides is 3. The van der Waals surface area contributed by atoms with Crippen LogP contribution in [0.25, 0.3) is 16.7 Å². The largest absolute Gasteiger partial charge is 0.477 e. The van der Waals surface area contributed by atoms with Crippen LogP contribution in [-0.4, -0.2) is 70.3 Å². The van der Waals surface area contributed by atoms with Crippen molar-refractivity contribution >= 4 is 40.7 Å². The van der Waals surface area contributed by atoms with Crippen LogP contribution in [0.3, 0.4) is 0 Å². The summed E-state index contributed by atoms with van der Waals surface area (Å²) in [5.41, 5.74) is -0.767. The number of piperidine rings is 1. The highest BCUT2D eigenvalue weighted by atomic mass is 19.1. The maximum atomic E-state index is 15.6. The van der Waals surface area contributed by atoms with Crippen LogP contribution in [0.5, 0.6) is 0 Å². The third-order valence-corrected chi connectivity index (χ3v) is 9.66. The first-order valence-electron chi connectivity index (χ1n) is 17.2. The van der Waals surface area contributed by atoms with E-state index in [0.717, 1.165) is 40.1 Å². The van der Waals surface area contributed by atoms with Crippen LogP contribution < -0.4 is 26.3 Å². The number of carbonyl (C=O) groups excluding carboxylic acids is 3. The van der Waals surface area contributed by atoms with Crippen molar-refractivity contribution in [2.75, 3.05) is 24.5 Å². The zero-order valence-corrected chi connectivity index (χ0v) is 28.9. The molecule has 1 saturated heterocycles. The number of hydrogen-bond donors (Lipinski definition) is 4. The quantitative estimate of drug-likeness (QED) is 0.148. The summed E-state index contributed by atoms with van der Waals surface area (Å²) in [6.45, 7) is 0.0817. The van der Waals surface area contributed by atoms with Gasteiger partial charge in [-0.2, -0.15) is 0 Å². The number of carboxylic acid groups (broad SMARTS) is 1. The summed E-state index contributed by atoms with van der Waals surface area (Å²) >= 11 is 0. The van der Waals surface area contributed by atoms with E-state index < -0.39 is 70.3 Å². The number of nitrogens with zero attached hydrogens (tertiary/aromatic N) is 3. The number of aromatic carboxylic acids is 1. The van der Waals surface area contributed by atoms with E-state index in [2.05, 4.69) is 20.9 Å².